The maximum atomic E-state index is 14.2. The van der Waals surface area contributed by atoms with Gasteiger partial charge >= 0.3 is 5.97 Å². The van der Waals surface area contributed by atoms with E-state index in [1.807, 2.05) is 0 Å². The van der Waals surface area contributed by atoms with Crippen molar-refractivity contribution < 1.29 is 18.6 Å². The summed E-state index contributed by atoms with van der Waals surface area (Å²) in [5.41, 5.74) is 1.71. The van der Waals surface area contributed by atoms with Gasteiger partial charge in [0.2, 0.25) is 11.3 Å². The third-order valence-corrected chi connectivity index (χ3v) is 4.17. The zero-order valence-electron chi connectivity index (χ0n) is 15.5. The van der Waals surface area contributed by atoms with Gasteiger partial charge in [-0.05, 0) is 34.6 Å². The molecule has 3 N–H and O–H groups in total. The summed E-state index contributed by atoms with van der Waals surface area (Å²) >= 11 is 0. The van der Waals surface area contributed by atoms with E-state index in [0.29, 0.717) is 11.1 Å². The van der Waals surface area contributed by atoms with E-state index in [2.05, 4.69) is 35.3 Å². The number of para-hydroxylation sites is 1. The number of carbonyl (C=O) groups is 1. The maximum Gasteiger partial charge on any atom is 0.337 e. The highest BCUT2D eigenvalue weighted by Crippen LogP contribution is 2.24. The van der Waals surface area contributed by atoms with Crippen LogP contribution in [0.2, 0.25) is 0 Å². The van der Waals surface area contributed by atoms with E-state index < -0.39 is 11.8 Å². The Morgan fingerprint density at radius 3 is 2.40 bits per heavy atom. The minimum absolute atomic E-state index is 0.120. The minimum atomic E-state index is -0.489. The van der Waals surface area contributed by atoms with Crippen molar-refractivity contribution in [3.8, 4) is 0 Å². The molecule has 0 aliphatic carbocycles. The average molecular weight is 407 g/mol. The van der Waals surface area contributed by atoms with E-state index in [4.69, 9.17) is 10.6 Å². The minimum Gasteiger partial charge on any atom is -0.465 e. The normalized spacial score (nSPS) is 11.5. The molecule has 0 saturated carbocycles. The molecular formula is C19H14FN7O3. The summed E-state index contributed by atoms with van der Waals surface area (Å²) in [6, 6.07) is 12.4. The van der Waals surface area contributed by atoms with Crippen LogP contribution in [-0.2, 0) is 4.74 Å². The Bertz CT molecular complexity index is 1250. The monoisotopic (exact) mass is 407 g/mol. The lowest BCUT2D eigenvalue weighted by Crippen LogP contribution is -2.14. The molecule has 0 aliphatic rings. The molecule has 2 heterocycles. The van der Waals surface area contributed by atoms with Crippen molar-refractivity contribution in [1.82, 2.24) is 20.3 Å². The van der Waals surface area contributed by atoms with Gasteiger partial charge in [-0.15, -0.1) is 0 Å². The summed E-state index contributed by atoms with van der Waals surface area (Å²) < 4.78 is 23.5. The summed E-state index contributed by atoms with van der Waals surface area (Å²) in [5.74, 6) is 4.81. The van der Waals surface area contributed by atoms with Gasteiger partial charge in [-0.3, -0.25) is 0 Å². The number of ether oxygens (including phenoxy) is 1. The van der Waals surface area contributed by atoms with Gasteiger partial charge < -0.3 is 15.9 Å². The first-order chi connectivity index (χ1) is 14.6. The smallest absolute Gasteiger partial charge is 0.337 e. The first kappa shape index (κ1) is 18.9. The van der Waals surface area contributed by atoms with Gasteiger partial charge in [-0.1, -0.05) is 24.3 Å². The Balaban J connectivity index is 1.81. The first-order valence-corrected chi connectivity index (χ1v) is 8.59. The predicted octanol–water partition coefficient (Wildman–Crippen LogP) is 2.39. The summed E-state index contributed by atoms with van der Waals surface area (Å²) in [6.45, 7) is 0. The number of nitrogens with one attached hydrogen (secondary N) is 1. The van der Waals surface area contributed by atoms with Gasteiger partial charge in [0.05, 0.1) is 18.4 Å². The van der Waals surface area contributed by atoms with Crippen molar-refractivity contribution in [2.75, 3.05) is 12.4 Å². The van der Waals surface area contributed by atoms with Gasteiger partial charge in [-0.2, -0.15) is 5.10 Å². The van der Waals surface area contributed by atoms with Gasteiger partial charge in [0.1, 0.15) is 17.2 Å². The summed E-state index contributed by atoms with van der Waals surface area (Å²) in [6.07, 6.45) is 0. The third kappa shape index (κ3) is 3.51. The number of hydrogen-bond acceptors (Lipinski definition) is 10. The lowest BCUT2D eigenvalue weighted by atomic mass is 10.0. The number of fused-ring (bicyclic) bond motifs is 1. The van der Waals surface area contributed by atoms with Crippen LogP contribution in [0, 0.1) is 5.82 Å². The number of rotatable bonds is 5. The molecule has 150 valence electrons. The van der Waals surface area contributed by atoms with Crippen LogP contribution in [0.4, 0.5) is 15.9 Å². The van der Waals surface area contributed by atoms with Gasteiger partial charge in [0.15, 0.2) is 5.82 Å². The molecule has 0 unspecified atom stereocenters. The molecule has 0 amide bonds. The van der Waals surface area contributed by atoms with Crippen molar-refractivity contribution in [1.29, 1.82) is 0 Å². The highest BCUT2D eigenvalue weighted by molar-refractivity contribution is 6.15. The fraction of sp³-hybridized carbons (Fsp3) is 0.0526. The molecule has 2 aromatic carbocycles. The van der Waals surface area contributed by atoms with E-state index in [0.717, 1.165) is 0 Å². The molecule has 0 radical (unpaired) electrons. The van der Waals surface area contributed by atoms with E-state index in [1.54, 1.807) is 36.4 Å². The summed E-state index contributed by atoms with van der Waals surface area (Å²) in [5, 5.41) is 14.1. The lowest BCUT2D eigenvalue weighted by molar-refractivity contribution is 0.0600. The maximum absolute atomic E-state index is 14.2. The predicted molar refractivity (Wildman–Crippen MR) is 105 cm³/mol. The van der Waals surface area contributed by atoms with Crippen LogP contribution in [-0.4, -0.2) is 39.1 Å². The number of hydrogen-bond donors (Lipinski definition) is 2. The summed E-state index contributed by atoms with van der Waals surface area (Å²) in [4.78, 5) is 20.3. The second kappa shape index (κ2) is 7.91. The number of esters is 1. The van der Waals surface area contributed by atoms with Crippen molar-refractivity contribution in [3.05, 3.63) is 71.2 Å². The first-order valence-electron chi connectivity index (χ1n) is 8.59. The molecule has 0 aliphatic heterocycles. The van der Waals surface area contributed by atoms with E-state index in [-0.39, 0.29) is 34.2 Å². The Kier molecular flexibility index (Phi) is 4.99. The number of methoxy groups -OCH3 is 1. The number of nitrogens with two attached hydrogens (primary N) is 1. The largest absolute Gasteiger partial charge is 0.465 e. The number of anilines is 2. The highest BCUT2D eigenvalue weighted by Gasteiger charge is 2.20. The standard InChI is InChI=1S/C19H14FN7O3/c1-29-19(28)11-8-6-10(7-9-11)14(25-21)15-16(22-13-5-3-2-4-12(13)20)24-18-17(23-15)26-30-27-18/h2-9H,21H2,1H3,(H,22,24,27). The molecule has 0 atom stereocenters. The Morgan fingerprint density at radius 1 is 1.07 bits per heavy atom. The fourth-order valence-electron chi connectivity index (χ4n) is 2.73. The molecule has 10 nitrogen and oxygen atoms in total. The Morgan fingerprint density at radius 2 is 1.73 bits per heavy atom. The molecular weight excluding hydrogens is 393 g/mol. The number of halogens is 1. The van der Waals surface area contributed by atoms with Gasteiger partial charge in [0, 0.05) is 5.56 Å². The van der Waals surface area contributed by atoms with Crippen LogP contribution < -0.4 is 11.2 Å². The van der Waals surface area contributed by atoms with Crippen molar-refractivity contribution >= 4 is 34.5 Å². The van der Waals surface area contributed by atoms with Crippen LogP contribution >= 0.6 is 0 Å². The average Bonchev–Trinajstić information content (AvgIpc) is 3.23. The van der Waals surface area contributed by atoms with Crippen LogP contribution in [0.3, 0.4) is 0 Å². The molecule has 0 saturated heterocycles. The number of hydrazone groups is 1. The van der Waals surface area contributed by atoms with Crippen molar-refractivity contribution in [2.45, 2.75) is 0 Å². The molecule has 4 aromatic rings. The van der Waals surface area contributed by atoms with Crippen LogP contribution in [0.25, 0.3) is 11.3 Å². The van der Waals surface area contributed by atoms with E-state index >= 15 is 0 Å². The van der Waals surface area contributed by atoms with Crippen molar-refractivity contribution in [2.24, 2.45) is 10.9 Å². The van der Waals surface area contributed by atoms with E-state index in [9.17, 15) is 9.18 Å². The molecule has 2 aromatic heterocycles. The van der Waals surface area contributed by atoms with Crippen LogP contribution in [0.5, 0.6) is 0 Å². The lowest BCUT2D eigenvalue weighted by Gasteiger charge is -2.12. The number of nitrogens with zero attached hydrogens (tertiary/aromatic N) is 5. The van der Waals surface area contributed by atoms with Crippen LogP contribution in [0.15, 0.2) is 58.3 Å². The van der Waals surface area contributed by atoms with E-state index in [1.165, 1.54) is 19.2 Å². The zero-order valence-corrected chi connectivity index (χ0v) is 15.5. The third-order valence-electron chi connectivity index (χ3n) is 4.17. The second-order valence-electron chi connectivity index (χ2n) is 5.98. The van der Waals surface area contributed by atoms with Gasteiger partial charge in [0.25, 0.3) is 0 Å². The quantitative estimate of drug-likeness (QED) is 0.221. The number of benzene rings is 2. The molecule has 0 bridgehead atoms. The second-order valence-corrected chi connectivity index (χ2v) is 5.98. The zero-order chi connectivity index (χ0) is 21.1. The fourth-order valence-corrected chi connectivity index (χ4v) is 2.73. The molecule has 0 spiro atoms. The molecule has 11 heteroatoms. The molecule has 0 fully saturated rings. The summed E-state index contributed by atoms with van der Waals surface area (Å²) in [7, 11) is 1.29. The van der Waals surface area contributed by atoms with Crippen LogP contribution in [0.1, 0.15) is 21.6 Å². The van der Waals surface area contributed by atoms with Gasteiger partial charge in [-0.25, -0.2) is 23.8 Å². The van der Waals surface area contributed by atoms with Crippen molar-refractivity contribution in [3.63, 3.8) is 0 Å². The molecule has 4 rings (SSSR count). The number of aromatic nitrogens is 4. The SMILES string of the molecule is COC(=O)c1ccc(C(=NN)c2nc3nonc3nc2Nc2ccccc2F)cc1. The Labute approximate surface area is 168 Å². The highest BCUT2D eigenvalue weighted by atomic mass is 19.1. The topological polar surface area (TPSA) is 141 Å². The molecule has 30 heavy (non-hydrogen) atoms. The Hall–Kier alpha value is -4.41. The number of carbonyl (C=O) groups excluding carboxylic acids is 1.